The molecule has 0 amide bonds. The van der Waals surface area contributed by atoms with Crippen molar-refractivity contribution in [2.24, 2.45) is 0 Å². The third-order valence-corrected chi connectivity index (χ3v) is 4.14. The molecule has 20 heavy (non-hydrogen) atoms. The number of halogens is 2. The van der Waals surface area contributed by atoms with Crippen molar-refractivity contribution in [2.45, 2.75) is 0 Å². The molecule has 0 aliphatic heterocycles. The summed E-state index contributed by atoms with van der Waals surface area (Å²) < 4.78 is 6.59. The average molecular weight is 443 g/mol. The van der Waals surface area contributed by atoms with Crippen LogP contribution in [0.3, 0.4) is 0 Å². The van der Waals surface area contributed by atoms with Crippen molar-refractivity contribution in [3.05, 3.63) is 61.1 Å². The van der Waals surface area contributed by atoms with Crippen molar-refractivity contribution in [2.75, 3.05) is 0 Å². The fraction of sp³-hybridized carbons (Fsp3) is 0. The second-order valence-electron chi connectivity index (χ2n) is 4.05. The lowest BCUT2D eigenvalue weighted by Crippen LogP contribution is -2.14. The molecule has 1 N–H and O–H groups in total. The zero-order valence-electron chi connectivity index (χ0n) is 10.1. The van der Waals surface area contributed by atoms with Crippen LogP contribution in [0.5, 0.6) is 0 Å². The normalized spacial score (nSPS) is 10.7. The summed E-state index contributed by atoms with van der Waals surface area (Å²) in [6.45, 7) is 0. The second kappa shape index (κ2) is 5.53. The number of aromatic amines is 1. The highest BCUT2D eigenvalue weighted by atomic mass is 127. The first-order valence-corrected chi connectivity index (χ1v) is 7.63. The standard InChI is InChI=1S/C14H8BrIN2O2/c15-10-7-6-9(20-10)13-17-12(11(16)14(19)18-13)8-4-2-1-3-5-8/h1-7H,(H,17,18,19). The summed E-state index contributed by atoms with van der Waals surface area (Å²) >= 11 is 5.24. The first-order valence-electron chi connectivity index (χ1n) is 5.76. The molecule has 0 unspecified atom stereocenters. The van der Waals surface area contributed by atoms with Gasteiger partial charge in [0.15, 0.2) is 16.3 Å². The summed E-state index contributed by atoms with van der Waals surface area (Å²) in [5, 5.41) is 0. The molecule has 0 atom stereocenters. The quantitative estimate of drug-likeness (QED) is 0.608. The molecule has 3 rings (SSSR count). The molecular formula is C14H8BrIN2O2. The van der Waals surface area contributed by atoms with Gasteiger partial charge in [-0.1, -0.05) is 30.3 Å². The third-order valence-electron chi connectivity index (χ3n) is 2.72. The number of nitrogens with one attached hydrogen (secondary N) is 1. The van der Waals surface area contributed by atoms with E-state index >= 15 is 0 Å². The molecule has 2 aromatic heterocycles. The predicted molar refractivity (Wildman–Crippen MR) is 88.4 cm³/mol. The molecule has 0 fully saturated rings. The van der Waals surface area contributed by atoms with Gasteiger partial charge in [-0.3, -0.25) is 4.79 Å². The number of hydrogen-bond donors (Lipinski definition) is 1. The SMILES string of the molecule is O=c1[nH]c(-c2ccc(Br)o2)nc(-c2ccccc2)c1I. The van der Waals surface area contributed by atoms with Crippen molar-refractivity contribution < 1.29 is 4.42 Å². The Morgan fingerprint density at radius 1 is 1.15 bits per heavy atom. The largest absolute Gasteiger partial charge is 0.446 e. The first-order chi connectivity index (χ1) is 9.65. The summed E-state index contributed by atoms with van der Waals surface area (Å²) in [4.78, 5) is 19.3. The van der Waals surface area contributed by atoms with Crippen molar-refractivity contribution in [1.82, 2.24) is 9.97 Å². The number of aromatic nitrogens is 2. The van der Waals surface area contributed by atoms with E-state index in [0.29, 0.717) is 25.5 Å². The number of rotatable bonds is 2. The molecule has 6 heteroatoms. The molecule has 100 valence electrons. The molecule has 0 saturated heterocycles. The topological polar surface area (TPSA) is 58.9 Å². The highest BCUT2D eigenvalue weighted by molar-refractivity contribution is 14.1. The Kier molecular flexibility index (Phi) is 3.75. The van der Waals surface area contributed by atoms with E-state index in [9.17, 15) is 4.79 Å². The second-order valence-corrected chi connectivity index (χ2v) is 5.91. The van der Waals surface area contributed by atoms with Crippen LogP contribution < -0.4 is 5.56 Å². The van der Waals surface area contributed by atoms with Crippen LogP contribution in [-0.2, 0) is 0 Å². The fourth-order valence-electron chi connectivity index (χ4n) is 1.80. The molecule has 1 aromatic carbocycles. The molecule has 0 spiro atoms. The average Bonchev–Trinajstić information content (AvgIpc) is 2.89. The maximum Gasteiger partial charge on any atom is 0.265 e. The van der Waals surface area contributed by atoms with E-state index in [1.807, 2.05) is 52.9 Å². The maximum absolute atomic E-state index is 12.1. The van der Waals surface area contributed by atoms with Gasteiger partial charge in [0.25, 0.3) is 5.56 Å². The fourth-order valence-corrected chi connectivity index (χ4v) is 2.68. The van der Waals surface area contributed by atoms with Gasteiger partial charge in [-0.15, -0.1) is 0 Å². The molecule has 0 aliphatic carbocycles. The predicted octanol–water partition coefficient (Wildman–Crippen LogP) is 4.06. The van der Waals surface area contributed by atoms with Gasteiger partial charge in [-0.25, -0.2) is 4.98 Å². The number of benzene rings is 1. The van der Waals surface area contributed by atoms with E-state index in [1.54, 1.807) is 12.1 Å². The Morgan fingerprint density at radius 3 is 2.55 bits per heavy atom. The Morgan fingerprint density at radius 2 is 1.90 bits per heavy atom. The number of H-pyrrole nitrogens is 1. The van der Waals surface area contributed by atoms with E-state index in [4.69, 9.17) is 4.42 Å². The van der Waals surface area contributed by atoms with Crippen LogP contribution in [0, 0.1) is 3.57 Å². The minimum Gasteiger partial charge on any atom is -0.446 e. The molecule has 0 aliphatic rings. The molecule has 0 bridgehead atoms. The Bertz CT molecular complexity index is 812. The van der Waals surface area contributed by atoms with Crippen molar-refractivity contribution >= 4 is 38.5 Å². The monoisotopic (exact) mass is 442 g/mol. The molecular weight excluding hydrogens is 435 g/mol. The highest BCUT2D eigenvalue weighted by Crippen LogP contribution is 2.25. The lowest BCUT2D eigenvalue weighted by Gasteiger charge is -2.05. The van der Waals surface area contributed by atoms with E-state index in [1.165, 1.54) is 0 Å². The zero-order valence-corrected chi connectivity index (χ0v) is 13.8. The van der Waals surface area contributed by atoms with Crippen LogP contribution in [0.2, 0.25) is 0 Å². The van der Waals surface area contributed by atoms with Gasteiger partial charge in [0.05, 0.1) is 5.69 Å². The van der Waals surface area contributed by atoms with Gasteiger partial charge in [-0.05, 0) is 50.7 Å². The van der Waals surface area contributed by atoms with Crippen LogP contribution in [0.1, 0.15) is 0 Å². The van der Waals surface area contributed by atoms with Crippen LogP contribution in [-0.4, -0.2) is 9.97 Å². The zero-order chi connectivity index (χ0) is 14.1. The molecule has 2 heterocycles. The van der Waals surface area contributed by atoms with Gasteiger partial charge >= 0.3 is 0 Å². The molecule has 3 aromatic rings. The summed E-state index contributed by atoms with van der Waals surface area (Å²) in [5.41, 5.74) is 1.37. The lowest BCUT2D eigenvalue weighted by molar-refractivity contribution is 0.551. The van der Waals surface area contributed by atoms with Crippen LogP contribution in [0.4, 0.5) is 0 Å². The van der Waals surface area contributed by atoms with Crippen LogP contribution in [0.25, 0.3) is 22.8 Å². The highest BCUT2D eigenvalue weighted by Gasteiger charge is 2.13. The lowest BCUT2D eigenvalue weighted by atomic mass is 10.1. The van der Waals surface area contributed by atoms with Gasteiger partial charge in [0.2, 0.25) is 0 Å². The summed E-state index contributed by atoms with van der Waals surface area (Å²) in [6, 6.07) is 13.1. The Hall–Kier alpha value is -1.41. The van der Waals surface area contributed by atoms with E-state index < -0.39 is 0 Å². The Labute approximate surface area is 136 Å². The van der Waals surface area contributed by atoms with E-state index in [2.05, 4.69) is 25.9 Å². The summed E-state index contributed by atoms with van der Waals surface area (Å²) in [6.07, 6.45) is 0. The summed E-state index contributed by atoms with van der Waals surface area (Å²) in [5.74, 6) is 0.933. The van der Waals surface area contributed by atoms with Crippen molar-refractivity contribution in [1.29, 1.82) is 0 Å². The van der Waals surface area contributed by atoms with E-state index in [-0.39, 0.29) is 5.56 Å². The van der Waals surface area contributed by atoms with Crippen LogP contribution in [0.15, 0.2) is 56.3 Å². The van der Waals surface area contributed by atoms with Gasteiger partial charge < -0.3 is 9.40 Å². The van der Waals surface area contributed by atoms with Crippen molar-refractivity contribution in [3.8, 4) is 22.8 Å². The Balaban J connectivity index is 2.21. The smallest absolute Gasteiger partial charge is 0.265 e. The van der Waals surface area contributed by atoms with Crippen LogP contribution >= 0.6 is 38.5 Å². The summed E-state index contributed by atoms with van der Waals surface area (Å²) in [7, 11) is 0. The van der Waals surface area contributed by atoms with Crippen molar-refractivity contribution in [3.63, 3.8) is 0 Å². The molecule has 4 nitrogen and oxygen atoms in total. The molecule has 0 saturated carbocycles. The number of hydrogen-bond acceptors (Lipinski definition) is 3. The third kappa shape index (κ3) is 2.57. The molecule has 0 radical (unpaired) electrons. The van der Waals surface area contributed by atoms with E-state index in [0.717, 1.165) is 5.56 Å². The van der Waals surface area contributed by atoms with Gasteiger partial charge in [0.1, 0.15) is 3.57 Å². The number of nitrogens with zero attached hydrogens (tertiary/aromatic N) is 1. The first kappa shape index (κ1) is 13.6. The van der Waals surface area contributed by atoms with Gasteiger partial charge in [0, 0.05) is 5.56 Å². The minimum atomic E-state index is -0.179. The minimum absolute atomic E-state index is 0.179. The van der Waals surface area contributed by atoms with Gasteiger partial charge in [-0.2, -0.15) is 0 Å². The maximum atomic E-state index is 12.1. The number of furan rings is 1.